The van der Waals surface area contributed by atoms with Crippen molar-refractivity contribution in [3.05, 3.63) is 95.6 Å². The third-order valence-electron chi connectivity index (χ3n) is 5.18. The number of ether oxygens (including phenoxy) is 1. The summed E-state index contributed by atoms with van der Waals surface area (Å²) >= 11 is 0. The summed E-state index contributed by atoms with van der Waals surface area (Å²) in [6.45, 7) is 2.24. The zero-order valence-corrected chi connectivity index (χ0v) is 19.2. The number of amides is 2. The standard InChI is InChI=1S/C27H30N4O2/c1-30(2)18-19-31(20-23-8-4-3-5-9-23)27(32)29-26-11-7-6-10-24(26)21-33-25-14-12-22(13-15-25)16-17-28/h3-15H,16,18-21H2,1-2H3,(H,29,32). The molecular weight excluding hydrogens is 412 g/mol. The van der Waals surface area contributed by atoms with Crippen molar-refractivity contribution in [3.63, 3.8) is 0 Å². The molecule has 0 spiro atoms. The Hall–Kier alpha value is -3.82. The van der Waals surface area contributed by atoms with Crippen molar-refractivity contribution in [2.75, 3.05) is 32.5 Å². The predicted molar refractivity (Wildman–Crippen MR) is 131 cm³/mol. The average molecular weight is 443 g/mol. The number of likely N-dealkylation sites (N-methyl/N-ethyl adjacent to an activating group) is 1. The van der Waals surface area contributed by atoms with Crippen molar-refractivity contribution in [2.24, 2.45) is 0 Å². The van der Waals surface area contributed by atoms with Crippen molar-refractivity contribution in [1.82, 2.24) is 9.80 Å². The van der Waals surface area contributed by atoms with Gasteiger partial charge in [-0.15, -0.1) is 0 Å². The molecule has 0 aliphatic carbocycles. The van der Waals surface area contributed by atoms with Gasteiger partial charge in [-0.25, -0.2) is 4.79 Å². The van der Waals surface area contributed by atoms with Gasteiger partial charge in [0.1, 0.15) is 12.4 Å². The molecule has 0 aromatic heterocycles. The highest BCUT2D eigenvalue weighted by molar-refractivity contribution is 5.90. The Morgan fingerprint density at radius 2 is 1.61 bits per heavy atom. The number of nitrogens with one attached hydrogen (secondary N) is 1. The maximum absolute atomic E-state index is 13.2. The van der Waals surface area contributed by atoms with Crippen LogP contribution in [0.5, 0.6) is 5.75 Å². The van der Waals surface area contributed by atoms with Gasteiger partial charge in [-0.2, -0.15) is 5.26 Å². The fourth-order valence-corrected chi connectivity index (χ4v) is 3.30. The molecule has 3 rings (SSSR count). The summed E-state index contributed by atoms with van der Waals surface area (Å²) in [6, 6.07) is 27.1. The number of rotatable bonds is 10. The monoisotopic (exact) mass is 442 g/mol. The summed E-state index contributed by atoms with van der Waals surface area (Å²) < 4.78 is 5.93. The molecular formula is C27H30N4O2. The molecule has 1 N–H and O–H groups in total. The third-order valence-corrected chi connectivity index (χ3v) is 5.18. The van der Waals surface area contributed by atoms with Gasteiger partial charge in [0.05, 0.1) is 12.5 Å². The highest BCUT2D eigenvalue weighted by Crippen LogP contribution is 2.20. The lowest BCUT2D eigenvalue weighted by atomic mass is 10.1. The molecule has 6 nitrogen and oxygen atoms in total. The molecule has 2 amide bonds. The molecule has 170 valence electrons. The quantitative estimate of drug-likeness (QED) is 0.484. The number of hydrogen-bond acceptors (Lipinski definition) is 4. The Bertz CT molecular complexity index is 1060. The number of carbonyl (C=O) groups is 1. The molecule has 0 atom stereocenters. The van der Waals surface area contributed by atoms with E-state index in [9.17, 15) is 4.79 Å². The second-order valence-corrected chi connectivity index (χ2v) is 8.07. The Kier molecular flexibility index (Phi) is 8.87. The Morgan fingerprint density at radius 1 is 0.909 bits per heavy atom. The largest absolute Gasteiger partial charge is 0.489 e. The van der Waals surface area contributed by atoms with Gasteiger partial charge in [0.25, 0.3) is 0 Å². The van der Waals surface area contributed by atoms with Gasteiger partial charge in [0.15, 0.2) is 0 Å². The molecule has 0 aliphatic rings. The summed E-state index contributed by atoms with van der Waals surface area (Å²) in [7, 11) is 4.00. The van der Waals surface area contributed by atoms with Crippen LogP contribution in [-0.4, -0.2) is 43.0 Å². The van der Waals surface area contributed by atoms with Crippen LogP contribution in [0.25, 0.3) is 0 Å². The minimum Gasteiger partial charge on any atom is -0.489 e. The first-order valence-corrected chi connectivity index (χ1v) is 11.0. The van der Waals surface area contributed by atoms with E-state index in [1.807, 2.05) is 97.9 Å². The number of urea groups is 1. The molecule has 0 unspecified atom stereocenters. The van der Waals surface area contributed by atoms with E-state index in [2.05, 4.69) is 16.3 Å². The zero-order chi connectivity index (χ0) is 23.5. The summed E-state index contributed by atoms with van der Waals surface area (Å²) in [5.41, 5.74) is 3.65. The van der Waals surface area contributed by atoms with Crippen molar-refractivity contribution < 1.29 is 9.53 Å². The number of para-hydroxylation sites is 1. The van der Waals surface area contributed by atoms with Gasteiger partial charge in [0.2, 0.25) is 0 Å². The van der Waals surface area contributed by atoms with Gasteiger partial charge in [-0.3, -0.25) is 0 Å². The van der Waals surface area contributed by atoms with E-state index < -0.39 is 0 Å². The van der Waals surface area contributed by atoms with E-state index in [-0.39, 0.29) is 6.03 Å². The van der Waals surface area contributed by atoms with Crippen molar-refractivity contribution in [2.45, 2.75) is 19.6 Å². The minimum atomic E-state index is -0.144. The average Bonchev–Trinajstić information content (AvgIpc) is 2.83. The van der Waals surface area contributed by atoms with E-state index >= 15 is 0 Å². The van der Waals surface area contributed by atoms with Crippen LogP contribution in [0.4, 0.5) is 10.5 Å². The molecule has 0 saturated carbocycles. The van der Waals surface area contributed by atoms with Crippen molar-refractivity contribution in [1.29, 1.82) is 5.26 Å². The maximum Gasteiger partial charge on any atom is 0.322 e. The van der Waals surface area contributed by atoms with Gasteiger partial charge in [-0.05, 0) is 43.4 Å². The Morgan fingerprint density at radius 3 is 2.30 bits per heavy atom. The second kappa shape index (κ2) is 12.3. The maximum atomic E-state index is 13.2. The third kappa shape index (κ3) is 7.67. The van der Waals surface area contributed by atoms with Crippen LogP contribution < -0.4 is 10.1 Å². The van der Waals surface area contributed by atoms with E-state index in [1.54, 1.807) is 0 Å². The lowest BCUT2D eigenvalue weighted by Gasteiger charge is -2.25. The number of hydrogen-bond donors (Lipinski definition) is 1. The zero-order valence-electron chi connectivity index (χ0n) is 19.2. The topological polar surface area (TPSA) is 68.6 Å². The van der Waals surface area contributed by atoms with E-state index in [0.717, 1.165) is 34.7 Å². The van der Waals surface area contributed by atoms with Crippen LogP contribution in [0, 0.1) is 11.3 Å². The van der Waals surface area contributed by atoms with Crippen LogP contribution in [0.3, 0.4) is 0 Å². The smallest absolute Gasteiger partial charge is 0.322 e. The number of nitriles is 1. The molecule has 0 fully saturated rings. The number of nitrogens with zero attached hydrogens (tertiary/aromatic N) is 3. The number of anilines is 1. The normalized spacial score (nSPS) is 10.5. The van der Waals surface area contributed by atoms with Crippen molar-refractivity contribution in [3.8, 4) is 11.8 Å². The fourth-order valence-electron chi connectivity index (χ4n) is 3.30. The number of benzene rings is 3. The Labute approximate surface area is 196 Å². The SMILES string of the molecule is CN(C)CCN(Cc1ccccc1)C(=O)Nc1ccccc1COc1ccc(CC#N)cc1. The molecule has 3 aromatic carbocycles. The summed E-state index contributed by atoms with van der Waals surface area (Å²) in [5.74, 6) is 0.717. The molecule has 33 heavy (non-hydrogen) atoms. The lowest BCUT2D eigenvalue weighted by Crippen LogP contribution is -2.39. The van der Waals surface area contributed by atoms with Crippen LogP contribution in [-0.2, 0) is 19.6 Å². The highest BCUT2D eigenvalue weighted by Gasteiger charge is 2.16. The molecule has 3 aromatic rings. The fraction of sp³-hybridized carbons (Fsp3) is 0.259. The Balaban J connectivity index is 1.67. The molecule has 0 aliphatic heterocycles. The minimum absolute atomic E-state index is 0.144. The van der Waals surface area contributed by atoms with E-state index in [4.69, 9.17) is 10.00 Å². The van der Waals surface area contributed by atoms with E-state index in [0.29, 0.717) is 26.1 Å². The first-order chi connectivity index (χ1) is 16.0. The number of carbonyl (C=O) groups excluding carboxylic acids is 1. The molecule has 0 radical (unpaired) electrons. The first-order valence-electron chi connectivity index (χ1n) is 11.0. The summed E-state index contributed by atoms with van der Waals surface area (Å²) in [4.78, 5) is 17.1. The van der Waals surface area contributed by atoms with Crippen LogP contribution >= 0.6 is 0 Å². The van der Waals surface area contributed by atoms with Gasteiger partial charge in [-0.1, -0.05) is 60.7 Å². The van der Waals surface area contributed by atoms with Gasteiger partial charge in [0, 0.05) is 30.9 Å². The summed E-state index contributed by atoms with van der Waals surface area (Å²) in [5, 5.41) is 11.9. The molecule has 6 heteroatoms. The molecule has 0 heterocycles. The summed E-state index contributed by atoms with van der Waals surface area (Å²) in [6.07, 6.45) is 0.377. The lowest BCUT2D eigenvalue weighted by molar-refractivity contribution is 0.202. The van der Waals surface area contributed by atoms with Crippen LogP contribution in [0.1, 0.15) is 16.7 Å². The second-order valence-electron chi connectivity index (χ2n) is 8.07. The molecule has 0 bridgehead atoms. The van der Waals surface area contributed by atoms with E-state index in [1.165, 1.54) is 0 Å². The van der Waals surface area contributed by atoms with Gasteiger partial charge < -0.3 is 19.9 Å². The van der Waals surface area contributed by atoms with Crippen molar-refractivity contribution >= 4 is 11.7 Å². The first kappa shape index (κ1) is 23.8. The highest BCUT2D eigenvalue weighted by atomic mass is 16.5. The molecule has 0 saturated heterocycles. The van der Waals surface area contributed by atoms with Gasteiger partial charge >= 0.3 is 6.03 Å². The predicted octanol–water partition coefficient (Wildman–Crippen LogP) is 4.93. The van der Waals surface area contributed by atoms with Crippen LogP contribution in [0.2, 0.25) is 0 Å². The van der Waals surface area contributed by atoms with Crippen LogP contribution in [0.15, 0.2) is 78.9 Å².